The van der Waals surface area contributed by atoms with Crippen LogP contribution in [0, 0.1) is 18.3 Å². The fraction of sp³-hybridized carbons (Fsp3) is 0.176. The maximum atomic E-state index is 12.6. The highest BCUT2D eigenvalue weighted by atomic mass is 79.9. The predicted molar refractivity (Wildman–Crippen MR) is 96.3 cm³/mol. The molecular formula is C17H15BrN6O. The second kappa shape index (κ2) is 6.91. The molecular weight excluding hydrogens is 384 g/mol. The molecule has 0 bridgehead atoms. The van der Waals surface area contributed by atoms with Crippen LogP contribution in [0.2, 0.25) is 0 Å². The molecule has 0 radical (unpaired) electrons. The third-order valence-corrected chi connectivity index (χ3v) is 4.54. The van der Waals surface area contributed by atoms with Crippen molar-refractivity contribution in [3.8, 4) is 11.8 Å². The van der Waals surface area contributed by atoms with Gasteiger partial charge in [0.15, 0.2) is 5.82 Å². The van der Waals surface area contributed by atoms with Crippen molar-refractivity contribution in [3.63, 3.8) is 0 Å². The number of halogens is 1. The van der Waals surface area contributed by atoms with Crippen LogP contribution in [0.4, 0.5) is 5.82 Å². The zero-order valence-electron chi connectivity index (χ0n) is 13.6. The minimum atomic E-state index is -0.546. The lowest BCUT2D eigenvalue weighted by molar-refractivity contribution is -0.119. The van der Waals surface area contributed by atoms with E-state index in [2.05, 4.69) is 37.5 Å². The van der Waals surface area contributed by atoms with Crippen LogP contribution >= 0.6 is 15.9 Å². The second-order valence-corrected chi connectivity index (χ2v) is 6.33. The van der Waals surface area contributed by atoms with E-state index in [0.717, 1.165) is 15.9 Å². The van der Waals surface area contributed by atoms with Crippen LogP contribution in [-0.4, -0.2) is 25.5 Å². The van der Waals surface area contributed by atoms with Crippen molar-refractivity contribution in [2.75, 3.05) is 5.32 Å². The van der Waals surface area contributed by atoms with Crippen molar-refractivity contribution in [1.82, 2.24) is 19.6 Å². The smallest absolute Gasteiger partial charge is 0.250 e. The molecule has 1 amide bonds. The Bertz CT molecular complexity index is 934. The quantitative estimate of drug-likeness (QED) is 0.730. The van der Waals surface area contributed by atoms with Gasteiger partial charge in [0.1, 0.15) is 17.7 Å². The predicted octanol–water partition coefficient (Wildman–Crippen LogP) is 3.21. The third-order valence-electron chi connectivity index (χ3n) is 3.77. The number of aromatic nitrogens is 4. The van der Waals surface area contributed by atoms with Crippen molar-refractivity contribution < 1.29 is 4.79 Å². The largest absolute Gasteiger partial charge is 0.308 e. The van der Waals surface area contributed by atoms with Crippen molar-refractivity contribution in [1.29, 1.82) is 5.26 Å². The number of carbonyl (C=O) groups excluding carboxylic acids is 1. The van der Waals surface area contributed by atoms with Gasteiger partial charge in [0.05, 0.1) is 22.1 Å². The van der Waals surface area contributed by atoms with Gasteiger partial charge in [-0.2, -0.15) is 15.5 Å². The number of amides is 1. The van der Waals surface area contributed by atoms with Crippen molar-refractivity contribution in [2.24, 2.45) is 0 Å². The van der Waals surface area contributed by atoms with Gasteiger partial charge in [0, 0.05) is 6.20 Å². The highest BCUT2D eigenvalue weighted by Crippen LogP contribution is 2.22. The maximum absolute atomic E-state index is 12.6. The van der Waals surface area contributed by atoms with Crippen molar-refractivity contribution >= 4 is 27.7 Å². The number of benzene rings is 1. The van der Waals surface area contributed by atoms with Gasteiger partial charge < -0.3 is 5.32 Å². The van der Waals surface area contributed by atoms with Gasteiger partial charge in [-0.05, 0) is 41.9 Å². The lowest BCUT2D eigenvalue weighted by Gasteiger charge is -2.14. The molecule has 1 atom stereocenters. The standard InChI is InChI=1S/C17H15BrN6O/c1-11-15(18)10-23(22-11)12(2)17(25)21-16-13(8-19)9-20-24(16)14-6-4-3-5-7-14/h3-7,9-10,12H,1-2H3,(H,21,25). The minimum absolute atomic E-state index is 0.288. The summed E-state index contributed by atoms with van der Waals surface area (Å²) >= 11 is 3.39. The van der Waals surface area contributed by atoms with Gasteiger partial charge in [-0.15, -0.1) is 0 Å². The van der Waals surface area contributed by atoms with Crippen molar-refractivity contribution in [2.45, 2.75) is 19.9 Å². The maximum Gasteiger partial charge on any atom is 0.250 e. The zero-order chi connectivity index (χ0) is 18.0. The number of anilines is 1. The molecule has 7 nitrogen and oxygen atoms in total. The van der Waals surface area contributed by atoms with E-state index in [1.807, 2.05) is 37.3 Å². The molecule has 2 heterocycles. The number of nitrogens with zero attached hydrogens (tertiary/aromatic N) is 5. The Labute approximate surface area is 153 Å². The first kappa shape index (κ1) is 16.9. The second-order valence-electron chi connectivity index (χ2n) is 5.47. The summed E-state index contributed by atoms with van der Waals surface area (Å²) in [5.41, 5.74) is 1.85. The number of hydrogen-bond acceptors (Lipinski definition) is 4. The average Bonchev–Trinajstić information content (AvgIpc) is 3.18. The Hall–Kier alpha value is -2.92. The highest BCUT2D eigenvalue weighted by Gasteiger charge is 2.21. The first-order valence-electron chi connectivity index (χ1n) is 7.57. The molecule has 0 aliphatic heterocycles. The highest BCUT2D eigenvalue weighted by molar-refractivity contribution is 9.10. The molecule has 1 unspecified atom stereocenters. The number of hydrogen-bond donors (Lipinski definition) is 1. The van der Waals surface area contributed by atoms with Gasteiger partial charge in [-0.3, -0.25) is 9.48 Å². The third kappa shape index (κ3) is 3.32. The summed E-state index contributed by atoms with van der Waals surface area (Å²) in [6, 6.07) is 10.8. The summed E-state index contributed by atoms with van der Waals surface area (Å²) < 4.78 is 3.94. The van der Waals surface area contributed by atoms with Crippen LogP contribution in [-0.2, 0) is 4.79 Å². The number of carbonyl (C=O) groups is 1. The lowest BCUT2D eigenvalue weighted by atomic mass is 10.3. The van der Waals surface area contributed by atoms with Crippen LogP contribution in [0.15, 0.2) is 47.2 Å². The molecule has 8 heteroatoms. The van der Waals surface area contributed by atoms with Gasteiger partial charge in [0.25, 0.3) is 0 Å². The first-order chi connectivity index (χ1) is 12.0. The summed E-state index contributed by atoms with van der Waals surface area (Å²) in [6.45, 7) is 3.59. The van der Waals surface area contributed by atoms with E-state index in [9.17, 15) is 10.1 Å². The molecule has 3 rings (SSSR count). The van der Waals surface area contributed by atoms with E-state index < -0.39 is 6.04 Å². The molecule has 25 heavy (non-hydrogen) atoms. The van der Waals surface area contributed by atoms with Crippen LogP contribution in [0.1, 0.15) is 24.2 Å². The van der Waals surface area contributed by atoms with Gasteiger partial charge in [-0.25, -0.2) is 4.68 Å². The molecule has 0 fully saturated rings. The van der Waals surface area contributed by atoms with E-state index in [1.54, 1.807) is 17.8 Å². The van der Waals surface area contributed by atoms with Gasteiger partial charge in [-0.1, -0.05) is 18.2 Å². The van der Waals surface area contributed by atoms with Crippen molar-refractivity contribution in [3.05, 3.63) is 58.5 Å². The van der Waals surface area contributed by atoms with Crippen LogP contribution in [0.25, 0.3) is 5.69 Å². The molecule has 2 aromatic heterocycles. The van der Waals surface area contributed by atoms with Crippen LogP contribution in [0.5, 0.6) is 0 Å². The molecule has 0 aliphatic rings. The first-order valence-corrected chi connectivity index (χ1v) is 8.36. The molecule has 0 spiro atoms. The zero-order valence-corrected chi connectivity index (χ0v) is 15.2. The summed E-state index contributed by atoms with van der Waals surface area (Å²) in [7, 11) is 0. The Kier molecular flexibility index (Phi) is 4.67. The Morgan fingerprint density at radius 3 is 2.68 bits per heavy atom. The average molecular weight is 399 g/mol. The van der Waals surface area contributed by atoms with Crippen LogP contribution in [0.3, 0.4) is 0 Å². The fourth-order valence-corrected chi connectivity index (χ4v) is 2.60. The topological polar surface area (TPSA) is 88.5 Å². The molecule has 0 saturated carbocycles. The minimum Gasteiger partial charge on any atom is -0.308 e. The molecule has 0 aliphatic carbocycles. The Balaban J connectivity index is 1.91. The number of aryl methyl sites for hydroxylation is 1. The number of nitriles is 1. The number of rotatable bonds is 4. The monoisotopic (exact) mass is 398 g/mol. The summed E-state index contributed by atoms with van der Waals surface area (Å²) in [4.78, 5) is 12.6. The van der Waals surface area contributed by atoms with E-state index in [0.29, 0.717) is 11.4 Å². The fourth-order valence-electron chi connectivity index (χ4n) is 2.31. The van der Waals surface area contributed by atoms with Gasteiger partial charge >= 0.3 is 0 Å². The molecule has 1 aromatic carbocycles. The molecule has 3 aromatic rings. The van der Waals surface area contributed by atoms with Gasteiger partial charge in [0.2, 0.25) is 5.91 Å². The van der Waals surface area contributed by atoms with E-state index >= 15 is 0 Å². The van der Waals surface area contributed by atoms with E-state index in [1.165, 1.54) is 10.9 Å². The van der Waals surface area contributed by atoms with E-state index in [-0.39, 0.29) is 5.91 Å². The summed E-state index contributed by atoms with van der Waals surface area (Å²) in [5, 5.41) is 20.6. The Morgan fingerprint density at radius 2 is 2.08 bits per heavy atom. The SMILES string of the molecule is Cc1nn(C(C)C(=O)Nc2c(C#N)cnn2-c2ccccc2)cc1Br. The molecule has 0 saturated heterocycles. The summed E-state index contributed by atoms with van der Waals surface area (Å²) in [6.07, 6.45) is 3.18. The van der Waals surface area contributed by atoms with E-state index in [4.69, 9.17) is 0 Å². The summed E-state index contributed by atoms with van der Waals surface area (Å²) in [5.74, 6) is 0.0534. The molecule has 1 N–H and O–H groups in total. The number of para-hydroxylation sites is 1. The normalized spacial score (nSPS) is 11.8. The molecule has 126 valence electrons. The Morgan fingerprint density at radius 1 is 1.36 bits per heavy atom. The lowest BCUT2D eigenvalue weighted by Crippen LogP contribution is -2.25. The number of nitrogens with one attached hydrogen (secondary N) is 1. The van der Waals surface area contributed by atoms with Crippen LogP contribution < -0.4 is 5.32 Å².